The smallest absolute Gasteiger partial charge is 0.251 e. The maximum absolute atomic E-state index is 11.7. The molecule has 1 aromatic carbocycles. The molecule has 34 heavy (non-hydrogen) atoms. The highest BCUT2D eigenvalue weighted by Gasteiger charge is 2.27. The van der Waals surface area contributed by atoms with E-state index >= 15 is 0 Å². The third-order valence-electron chi connectivity index (χ3n) is 6.46. The zero-order valence-corrected chi connectivity index (χ0v) is 19.7. The lowest BCUT2D eigenvalue weighted by molar-refractivity contribution is 0.0963. The minimum absolute atomic E-state index is 0.0965. The van der Waals surface area contributed by atoms with E-state index < -0.39 is 0 Å². The van der Waals surface area contributed by atoms with Gasteiger partial charge in [-0.1, -0.05) is 0 Å². The van der Waals surface area contributed by atoms with Crippen molar-refractivity contribution >= 4 is 22.6 Å². The zero-order valence-electron chi connectivity index (χ0n) is 19.7. The van der Waals surface area contributed by atoms with Crippen LogP contribution in [-0.2, 0) is 7.05 Å². The van der Waals surface area contributed by atoms with E-state index in [1.165, 1.54) is 0 Å². The number of ether oxygens (including phenoxy) is 1. The number of rotatable bonds is 6. The van der Waals surface area contributed by atoms with Gasteiger partial charge in [0, 0.05) is 56.1 Å². The van der Waals surface area contributed by atoms with Crippen LogP contribution < -0.4 is 15.4 Å². The second-order valence-electron chi connectivity index (χ2n) is 8.68. The molecule has 2 N–H and O–H groups in total. The van der Waals surface area contributed by atoms with Crippen LogP contribution in [0.3, 0.4) is 0 Å². The van der Waals surface area contributed by atoms with Gasteiger partial charge in [-0.3, -0.25) is 14.2 Å². The number of hydrogen-bond acceptors (Lipinski definition) is 6. The molecule has 0 radical (unpaired) electrons. The van der Waals surface area contributed by atoms with Crippen LogP contribution in [-0.4, -0.2) is 50.7 Å². The Kier molecular flexibility index (Phi) is 5.91. The molecule has 1 saturated carbocycles. The Morgan fingerprint density at radius 1 is 1.09 bits per heavy atom. The van der Waals surface area contributed by atoms with Gasteiger partial charge in [-0.2, -0.15) is 10.2 Å². The van der Waals surface area contributed by atoms with Crippen LogP contribution in [0.5, 0.6) is 5.75 Å². The molecule has 1 aliphatic carbocycles. The quantitative estimate of drug-likeness (QED) is 0.455. The van der Waals surface area contributed by atoms with Crippen LogP contribution in [0, 0.1) is 0 Å². The molecule has 0 saturated heterocycles. The number of aromatic nitrogens is 5. The second-order valence-corrected chi connectivity index (χ2v) is 8.68. The molecule has 1 fully saturated rings. The van der Waals surface area contributed by atoms with Crippen LogP contribution in [0.15, 0.2) is 48.9 Å². The fraction of sp³-hybridized carbons (Fsp3) is 0.360. The monoisotopic (exact) mass is 459 g/mol. The lowest BCUT2D eigenvalue weighted by atomic mass is 9.93. The van der Waals surface area contributed by atoms with E-state index in [9.17, 15) is 4.79 Å². The molecule has 0 aliphatic heterocycles. The third-order valence-corrected chi connectivity index (χ3v) is 6.46. The van der Waals surface area contributed by atoms with Crippen LogP contribution in [0.1, 0.15) is 42.1 Å². The fourth-order valence-electron chi connectivity index (χ4n) is 4.63. The molecule has 3 aromatic heterocycles. The molecule has 9 heteroatoms. The molecule has 0 spiro atoms. The van der Waals surface area contributed by atoms with E-state index in [2.05, 4.69) is 31.5 Å². The summed E-state index contributed by atoms with van der Waals surface area (Å²) in [5.74, 6) is 1.52. The normalized spacial score (nSPS) is 18.1. The van der Waals surface area contributed by atoms with Gasteiger partial charge in [0.25, 0.3) is 5.91 Å². The highest BCUT2D eigenvalue weighted by molar-refractivity contribution is 5.94. The van der Waals surface area contributed by atoms with E-state index in [1.54, 1.807) is 23.9 Å². The number of benzene rings is 1. The first-order valence-electron chi connectivity index (χ1n) is 11.6. The Hall–Kier alpha value is -3.88. The number of anilines is 1. The third kappa shape index (κ3) is 4.21. The number of carbonyl (C=O) groups is 1. The summed E-state index contributed by atoms with van der Waals surface area (Å²) in [5, 5.41) is 16.2. The van der Waals surface area contributed by atoms with Crippen molar-refractivity contribution in [3.8, 4) is 17.0 Å². The number of pyridine rings is 1. The van der Waals surface area contributed by atoms with E-state index in [0.717, 1.165) is 59.4 Å². The number of nitrogens with one attached hydrogen (secondary N) is 2. The Balaban J connectivity index is 1.34. The molecule has 5 rings (SSSR count). The molecular formula is C25H29N7O2. The highest BCUT2D eigenvalue weighted by atomic mass is 16.5. The van der Waals surface area contributed by atoms with Crippen molar-refractivity contribution in [2.45, 2.75) is 37.8 Å². The Labute approximate surface area is 198 Å². The van der Waals surface area contributed by atoms with Crippen LogP contribution in [0.25, 0.3) is 22.2 Å². The first kappa shape index (κ1) is 21.9. The molecular weight excluding hydrogens is 430 g/mol. The first-order chi connectivity index (χ1) is 16.6. The lowest BCUT2D eigenvalue weighted by Gasteiger charge is -2.29. The van der Waals surface area contributed by atoms with Crippen LogP contribution >= 0.6 is 0 Å². The minimum Gasteiger partial charge on any atom is -0.490 e. The maximum atomic E-state index is 11.7. The highest BCUT2D eigenvalue weighted by Crippen LogP contribution is 2.36. The largest absolute Gasteiger partial charge is 0.490 e. The van der Waals surface area contributed by atoms with E-state index in [1.807, 2.05) is 44.8 Å². The summed E-state index contributed by atoms with van der Waals surface area (Å²) in [6.45, 7) is 0. The van der Waals surface area contributed by atoms with E-state index in [0.29, 0.717) is 5.56 Å². The Bertz CT molecular complexity index is 1300. The molecule has 1 aliphatic rings. The standard InChI is InChI=1S/C25H29N7O2/c1-26-23-12-22-21(14-28-23)24(17-13-29-31(3)15-17)30-32(22)18-6-10-20(11-7-18)34-19-8-4-16(5-9-19)25(33)27-2/h4-5,8-9,12-15,18,20H,6-7,10-11H2,1-3H3,(H,26,28)(H,27,33). The molecule has 3 heterocycles. The molecule has 0 unspecified atom stereocenters. The number of amides is 1. The second kappa shape index (κ2) is 9.17. The van der Waals surface area contributed by atoms with Gasteiger partial charge < -0.3 is 15.4 Å². The lowest BCUT2D eigenvalue weighted by Crippen LogP contribution is -2.26. The minimum atomic E-state index is -0.0965. The Morgan fingerprint density at radius 3 is 2.50 bits per heavy atom. The predicted octanol–water partition coefficient (Wildman–Crippen LogP) is 3.80. The summed E-state index contributed by atoms with van der Waals surface area (Å²) in [6.07, 6.45) is 9.70. The maximum Gasteiger partial charge on any atom is 0.251 e. The van der Waals surface area contributed by atoms with Gasteiger partial charge in [-0.25, -0.2) is 4.98 Å². The van der Waals surface area contributed by atoms with Gasteiger partial charge in [0.2, 0.25) is 0 Å². The number of aryl methyl sites for hydroxylation is 1. The summed E-state index contributed by atoms with van der Waals surface area (Å²) in [6, 6.07) is 9.68. The first-order valence-corrected chi connectivity index (χ1v) is 11.6. The summed E-state index contributed by atoms with van der Waals surface area (Å²) in [4.78, 5) is 16.3. The molecule has 1 amide bonds. The average molecular weight is 460 g/mol. The fourth-order valence-corrected chi connectivity index (χ4v) is 4.63. The number of nitrogens with zero attached hydrogens (tertiary/aromatic N) is 5. The van der Waals surface area contributed by atoms with Gasteiger partial charge in [-0.05, 0) is 49.9 Å². The SMILES string of the molecule is CNC(=O)c1ccc(OC2CCC(n3nc(-c4cnn(C)c4)c4cnc(NC)cc43)CC2)cc1. The van der Waals surface area contributed by atoms with Crippen molar-refractivity contribution in [2.24, 2.45) is 7.05 Å². The Morgan fingerprint density at radius 2 is 1.85 bits per heavy atom. The van der Waals surface area contributed by atoms with Gasteiger partial charge in [0.15, 0.2) is 0 Å². The van der Waals surface area contributed by atoms with Crippen molar-refractivity contribution in [1.82, 2.24) is 29.9 Å². The van der Waals surface area contributed by atoms with Crippen LogP contribution in [0.2, 0.25) is 0 Å². The van der Waals surface area contributed by atoms with E-state index in [-0.39, 0.29) is 18.1 Å². The predicted molar refractivity (Wildman–Crippen MR) is 131 cm³/mol. The summed E-state index contributed by atoms with van der Waals surface area (Å²) >= 11 is 0. The molecule has 9 nitrogen and oxygen atoms in total. The molecule has 4 aromatic rings. The van der Waals surface area contributed by atoms with Gasteiger partial charge in [0.1, 0.15) is 17.3 Å². The zero-order chi connectivity index (χ0) is 23.7. The van der Waals surface area contributed by atoms with Gasteiger partial charge in [0.05, 0.1) is 23.9 Å². The van der Waals surface area contributed by atoms with Crippen molar-refractivity contribution in [3.05, 3.63) is 54.5 Å². The number of fused-ring (bicyclic) bond motifs is 1. The summed E-state index contributed by atoms with van der Waals surface area (Å²) in [7, 11) is 5.41. The summed E-state index contributed by atoms with van der Waals surface area (Å²) in [5.41, 5.74) is 3.60. The summed E-state index contributed by atoms with van der Waals surface area (Å²) < 4.78 is 10.2. The van der Waals surface area contributed by atoms with Crippen molar-refractivity contribution in [1.29, 1.82) is 0 Å². The van der Waals surface area contributed by atoms with Crippen molar-refractivity contribution < 1.29 is 9.53 Å². The number of hydrogen-bond donors (Lipinski definition) is 2. The number of carbonyl (C=O) groups excluding carboxylic acids is 1. The van der Waals surface area contributed by atoms with Gasteiger partial charge in [-0.15, -0.1) is 0 Å². The molecule has 0 bridgehead atoms. The van der Waals surface area contributed by atoms with Crippen molar-refractivity contribution in [3.63, 3.8) is 0 Å². The molecule has 176 valence electrons. The van der Waals surface area contributed by atoms with E-state index in [4.69, 9.17) is 9.84 Å². The van der Waals surface area contributed by atoms with Gasteiger partial charge >= 0.3 is 0 Å². The average Bonchev–Trinajstić information content (AvgIpc) is 3.47. The topological polar surface area (TPSA) is 98.9 Å². The van der Waals surface area contributed by atoms with Crippen molar-refractivity contribution in [2.75, 3.05) is 19.4 Å². The van der Waals surface area contributed by atoms with Crippen LogP contribution in [0.4, 0.5) is 5.82 Å². The molecule has 0 atom stereocenters.